The highest BCUT2D eigenvalue weighted by Gasteiger charge is 2.33. The standard InChI is InChI=1S/C19H19Cl3N2O3S/c20-14-5-1-6-15(10-14)23-19(25)13-4-3-9-24(11-13)28(26,27)12-16-17(21)7-2-8-18(16)22/h1-2,5-8,10,13H,3-4,9,11-12H2,(H,23,25)/t13-/m0/s1. The summed E-state index contributed by atoms with van der Waals surface area (Å²) in [6, 6.07) is 11.7. The number of hydrogen-bond acceptors (Lipinski definition) is 3. The summed E-state index contributed by atoms with van der Waals surface area (Å²) in [5.74, 6) is -0.962. The Morgan fingerprint density at radius 3 is 2.46 bits per heavy atom. The summed E-state index contributed by atoms with van der Waals surface area (Å²) in [5.41, 5.74) is 0.955. The number of nitrogens with zero attached hydrogens (tertiary/aromatic N) is 1. The highest BCUT2D eigenvalue weighted by atomic mass is 35.5. The fourth-order valence-corrected chi connectivity index (χ4v) is 5.72. The molecular weight excluding hydrogens is 443 g/mol. The molecule has 1 aliphatic heterocycles. The molecule has 0 aliphatic carbocycles. The van der Waals surface area contributed by atoms with E-state index in [1.165, 1.54) is 4.31 Å². The number of piperidine rings is 1. The van der Waals surface area contributed by atoms with E-state index in [2.05, 4.69) is 5.32 Å². The number of halogens is 3. The molecule has 0 spiro atoms. The quantitative estimate of drug-likeness (QED) is 0.693. The van der Waals surface area contributed by atoms with Gasteiger partial charge in [0.05, 0.1) is 11.7 Å². The molecule has 0 bridgehead atoms. The SMILES string of the molecule is O=C(Nc1cccc(Cl)c1)[C@H]1CCCN(S(=O)(=O)Cc2c(Cl)cccc2Cl)C1. The van der Waals surface area contributed by atoms with Crippen LogP contribution in [0.4, 0.5) is 5.69 Å². The second-order valence-electron chi connectivity index (χ2n) is 6.65. The van der Waals surface area contributed by atoms with Crippen molar-refractivity contribution in [2.45, 2.75) is 18.6 Å². The Morgan fingerprint density at radius 2 is 1.79 bits per heavy atom. The maximum absolute atomic E-state index is 12.9. The minimum absolute atomic E-state index is 0.122. The van der Waals surface area contributed by atoms with Gasteiger partial charge in [0.1, 0.15) is 0 Å². The van der Waals surface area contributed by atoms with Crippen molar-refractivity contribution in [2.24, 2.45) is 5.92 Å². The lowest BCUT2D eigenvalue weighted by molar-refractivity contribution is -0.120. The van der Waals surface area contributed by atoms with Crippen molar-refractivity contribution in [3.8, 4) is 0 Å². The molecule has 2 aromatic rings. The topological polar surface area (TPSA) is 66.5 Å². The maximum atomic E-state index is 12.9. The zero-order valence-corrected chi connectivity index (χ0v) is 18.0. The molecule has 5 nitrogen and oxygen atoms in total. The fraction of sp³-hybridized carbons (Fsp3) is 0.316. The van der Waals surface area contributed by atoms with Gasteiger partial charge in [-0.3, -0.25) is 4.79 Å². The minimum atomic E-state index is -3.66. The van der Waals surface area contributed by atoms with Crippen molar-refractivity contribution in [1.29, 1.82) is 0 Å². The van der Waals surface area contributed by atoms with Gasteiger partial charge in [0.2, 0.25) is 15.9 Å². The summed E-state index contributed by atoms with van der Waals surface area (Å²) < 4.78 is 27.1. The second kappa shape index (κ2) is 9.01. The Kier molecular flexibility index (Phi) is 6.89. The van der Waals surface area contributed by atoms with E-state index in [9.17, 15) is 13.2 Å². The average Bonchev–Trinajstić information content (AvgIpc) is 2.65. The van der Waals surface area contributed by atoms with Crippen molar-refractivity contribution in [2.75, 3.05) is 18.4 Å². The molecule has 1 aliphatic rings. The molecule has 1 atom stereocenters. The summed E-state index contributed by atoms with van der Waals surface area (Å²) in [4.78, 5) is 12.6. The van der Waals surface area contributed by atoms with Crippen LogP contribution in [0.25, 0.3) is 0 Å². The molecule has 0 aromatic heterocycles. The molecule has 0 radical (unpaired) electrons. The zero-order valence-electron chi connectivity index (χ0n) is 14.9. The molecule has 1 fully saturated rings. The number of sulfonamides is 1. The van der Waals surface area contributed by atoms with Gasteiger partial charge in [0, 0.05) is 39.4 Å². The molecule has 1 N–H and O–H groups in total. The minimum Gasteiger partial charge on any atom is -0.326 e. The van der Waals surface area contributed by atoms with Crippen molar-refractivity contribution in [1.82, 2.24) is 4.31 Å². The molecule has 150 valence electrons. The number of carbonyl (C=O) groups excluding carboxylic acids is 1. The lowest BCUT2D eigenvalue weighted by Gasteiger charge is -2.31. The lowest BCUT2D eigenvalue weighted by atomic mass is 9.99. The van der Waals surface area contributed by atoms with E-state index < -0.39 is 15.9 Å². The third-order valence-electron chi connectivity index (χ3n) is 4.63. The van der Waals surface area contributed by atoms with Gasteiger partial charge in [-0.05, 0) is 43.2 Å². The maximum Gasteiger partial charge on any atom is 0.228 e. The molecular formula is C19H19Cl3N2O3S. The van der Waals surface area contributed by atoms with Crippen LogP contribution in [0.1, 0.15) is 18.4 Å². The van der Waals surface area contributed by atoms with Crippen LogP contribution < -0.4 is 5.32 Å². The van der Waals surface area contributed by atoms with Gasteiger partial charge in [-0.2, -0.15) is 0 Å². The van der Waals surface area contributed by atoms with Gasteiger partial charge >= 0.3 is 0 Å². The van der Waals surface area contributed by atoms with Gasteiger partial charge in [-0.25, -0.2) is 12.7 Å². The predicted octanol–water partition coefficient (Wildman–Crippen LogP) is 4.83. The molecule has 1 amide bonds. The first-order valence-corrected chi connectivity index (χ1v) is 11.5. The van der Waals surface area contributed by atoms with Crippen LogP contribution >= 0.6 is 34.8 Å². The summed E-state index contributed by atoms with van der Waals surface area (Å²) in [5, 5.41) is 3.94. The Morgan fingerprint density at radius 1 is 1.11 bits per heavy atom. The van der Waals surface area contributed by atoms with Crippen molar-refractivity contribution in [3.63, 3.8) is 0 Å². The van der Waals surface area contributed by atoms with E-state index >= 15 is 0 Å². The third-order valence-corrected chi connectivity index (χ3v) is 7.34. The number of anilines is 1. The first-order valence-electron chi connectivity index (χ1n) is 8.73. The van der Waals surface area contributed by atoms with E-state index in [0.717, 1.165) is 0 Å². The van der Waals surface area contributed by atoms with Crippen LogP contribution in [0.5, 0.6) is 0 Å². The number of rotatable bonds is 5. The molecule has 1 saturated heterocycles. The molecule has 28 heavy (non-hydrogen) atoms. The van der Waals surface area contributed by atoms with Gasteiger partial charge in [-0.15, -0.1) is 0 Å². The second-order valence-corrected chi connectivity index (χ2v) is 9.87. The normalized spacial score (nSPS) is 18.0. The van der Waals surface area contributed by atoms with Crippen molar-refractivity contribution in [3.05, 3.63) is 63.1 Å². The van der Waals surface area contributed by atoms with Crippen LogP contribution in [0.3, 0.4) is 0 Å². The van der Waals surface area contributed by atoms with E-state index in [0.29, 0.717) is 45.7 Å². The largest absolute Gasteiger partial charge is 0.326 e. The highest BCUT2D eigenvalue weighted by molar-refractivity contribution is 7.88. The van der Waals surface area contributed by atoms with Crippen LogP contribution in [-0.2, 0) is 20.6 Å². The van der Waals surface area contributed by atoms with Gasteiger partial charge in [0.15, 0.2) is 0 Å². The van der Waals surface area contributed by atoms with E-state index in [4.69, 9.17) is 34.8 Å². The lowest BCUT2D eigenvalue weighted by Crippen LogP contribution is -2.44. The van der Waals surface area contributed by atoms with Crippen molar-refractivity contribution >= 4 is 56.4 Å². The van der Waals surface area contributed by atoms with Gasteiger partial charge in [-0.1, -0.05) is 46.9 Å². The highest BCUT2D eigenvalue weighted by Crippen LogP contribution is 2.29. The van der Waals surface area contributed by atoms with Gasteiger partial charge in [0.25, 0.3) is 0 Å². The zero-order chi connectivity index (χ0) is 20.3. The number of nitrogens with one attached hydrogen (secondary N) is 1. The van der Waals surface area contributed by atoms with Crippen LogP contribution in [0, 0.1) is 5.92 Å². The molecule has 0 saturated carbocycles. The molecule has 3 rings (SSSR count). The average molecular weight is 462 g/mol. The number of amides is 1. The first-order chi connectivity index (χ1) is 13.3. The number of carbonyl (C=O) groups is 1. The molecule has 2 aromatic carbocycles. The van der Waals surface area contributed by atoms with Crippen LogP contribution in [-0.4, -0.2) is 31.7 Å². The molecule has 0 unspecified atom stereocenters. The Bertz CT molecular complexity index is 962. The van der Waals surface area contributed by atoms with E-state index in [1.807, 2.05) is 0 Å². The van der Waals surface area contributed by atoms with Crippen molar-refractivity contribution < 1.29 is 13.2 Å². The Balaban J connectivity index is 1.70. The summed E-state index contributed by atoms with van der Waals surface area (Å²) >= 11 is 18.2. The fourth-order valence-electron chi connectivity index (χ4n) is 3.16. The summed E-state index contributed by atoms with van der Waals surface area (Å²) in [7, 11) is -3.66. The summed E-state index contributed by atoms with van der Waals surface area (Å²) in [6.07, 6.45) is 1.22. The van der Waals surface area contributed by atoms with Crippen LogP contribution in [0.2, 0.25) is 15.1 Å². The summed E-state index contributed by atoms with van der Waals surface area (Å²) in [6.45, 7) is 0.488. The monoisotopic (exact) mass is 460 g/mol. The molecule has 1 heterocycles. The Labute approximate surface area is 179 Å². The van der Waals surface area contributed by atoms with Crippen LogP contribution in [0.15, 0.2) is 42.5 Å². The number of benzene rings is 2. The molecule has 9 heteroatoms. The number of hydrogen-bond donors (Lipinski definition) is 1. The third kappa shape index (κ3) is 5.19. The smallest absolute Gasteiger partial charge is 0.228 e. The predicted molar refractivity (Wildman–Crippen MR) is 113 cm³/mol. The van der Waals surface area contributed by atoms with E-state index in [1.54, 1.807) is 42.5 Å². The van der Waals surface area contributed by atoms with Gasteiger partial charge < -0.3 is 5.32 Å². The Hall–Kier alpha value is -1.31. The van der Waals surface area contributed by atoms with E-state index in [-0.39, 0.29) is 18.2 Å². The first kappa shape index (κ1) is 21.4.